The fourth-order valence-corrected chi connectivity index (χ4v) is 1.37. The number of alkyl halides is 6. The van der Waals surface area contributed by atoms with Crippen molar-refractivity contribution >= 4 is 15.9 Å². The molecular formula is C8H5BrF5NO2. The zero-order valence-corrected chi connectivity index (χ0v) is 9.53. The van der Waals surface area contributed by atoms with Crippen LogP contribution in [-0.2, 0) is 5.33 Å². The van der Waals surface area contributed by atoms with Crippen molar-refractivity contribution in [2.24, 2.45) is 0 Å². The third-order valence-electron chi connectivity index (χ3n) is 1.67. The van der Waals surface area contributed by atoms with E-state index in [9.17, 15) is 26.7 Å². The topological polar surface area (TPSA) is 42.1 Å². The Labute approximate surface area is 99.7 Å². The molecule has 17 heavy (non-hydrogen) atoms. The second kappa shape index (κ2) is 5.03. The van der Waals surface area contributed by atoms with Crippen LogP contribution >= 0.6 is 15.9 Å². The summed E-state index contributed by atoms with van der Waals surface area (Å²) in [6.07, 6.45) is -8.52. The summed E-state index contributed by atoms with van der Waals surface area (Å²) in [5.74, 6) is -1.28. The first-order chi connectivity index (χ1) is 7.74. The number of aromatic nitrogens is 1. The first-order valence-corrected chi connectivity index (χ1v) is 5.22. The molecule has 0 aliphatic carbocycles. The summed E-state index contributed by atoms with van der Waals surface area (Å²) in [5, 5.41) is -0.0000246. The second-order valence-corrected chi connectivity index (χ2v) is 3.44. The highest BCUT2D eigenvalue weighted by Crippen LogP contribution is 2.29. The quantitative estimate of drug-likeness (QED) is 0.686. The third kappa shape index (κ3) is 3.69. The van der Waals surface area contributed by atoms with E-state index < -0.39 is 29.7 Å². The van der Waals surface area contributed by atoms with Gasteiger partial charge >= 0.3 is 6.36 Å². The molecule has 0 amide bonds. The number of ether oxygens (including phenoxy) is 1. The van der Waals surface area contributed by atoms with E-state index in [1.54, 1.807) is 0 Å². The van der Waals surface area contributed by atoms with Gasteiger partial charge < -0.3 is 9.72 Å². The van der Waals surface area contributed by atoms with Crippen molar-refractivity contribution in [1.82, 2.24) is 4.98 Å². The Morgan fingerprint density at radius 2 is 2.00 bits per heavy atom. The Hall–Kier alpha value is -1.12. The molecule has 1 aromatic heterocycles. The molecule has 0 saturated carbocycles. The molecule has 0 fully saturated rings. The van der Waals surface area contributed by atoms with Crippen molar-refractivity contribution in [3.8, 4) is 5.88 Å². The molecule has 0 radical (unpaired) electrons. The van der Waals surface area contributed by atoms with E-state index >= 15 is 0 Å². The van der Waals surface area contributed by atoms with Gasteiger partial charge in [-0.3, -0.25) is 4.79 Å². The molecule has 1 aromatic rings. The standard InChI is InChI=1S/C8H5BrF5NO2/c9-2-3-1-4(16)5(6(10)11)7(15-3)17-8(12,13)14/h1,6H,2H2,(H,15,16). The smallest absolute Gasteiger partial charge is 0.389 e. The van der Waals surface area contributed by atoms with Crippen LogP contribution in [0.25, 0.3) is 0 Å². The molecule has 0 spiro atoms. The van der Waals surface area contributed by atoms with Crippen LogP contribution in [0.3, 0.4) is 0 Å². The molecule has 96 valence electrons. The van der Waals surface area contributed by atoms with E-state index in [4.69, 9.17) is 0 Å². The maximum atomic E-state index is 12.4. The highest BCUT2D eigenvalue weighted by atomic mass is 79.9. The van der Waals surface area contributed by atoms with E-state index in [1.165, 1.54) is 0 Å². The Kier molecular flexibility index (Phi) is 4.12. The van der Waals surface area contributed by atoms with Gasteiger partial charge in [0, 0.05) is 17.1 Å². The normalized spacial score (nSPS) is 11.9. The lowest BCUT2D eigenvalue weighted by Crippen LogP contribution is -2.22. The first-order valence-electron chi connectivity index (χ1n) is 4.10. The minimum absolute atomic E-state index is 0.0000246. The summed E-state index contributed by atoms with van der Waals surface area (Å²) < 4.78 is 64.1. The molecule has 0 atom stereocenters. The lowest BCUT2D eigenvalue weighted by Gasteiger charge is -2.13. The van der Waals surface area contributed by atoms with Gasteiger partial charge in [-0.25, -0.2) is 8.78 Å². The predicted octanol–water partition coefficient (Wildman–Crippen LogP) is 3.11. The fraction of sp³-hybridized carbons (Fsp3) is 0.375. The molecule has 0 unspecified atom stereocenters. The van der Waals surface area contributed by atoms with Gasteiger partial charge in [0.2, 0.25) is 5.88 Å². The number of aromatic amines is 1. The van der Waals surface area contributed by atoms with Crippen molar-refractivity contribution in [1.29, 1.82) is 0 Å². The molecule has 0 aliphatic heterocycles. The summed E-state index contributed by atoms with van der Waals surface area (Å²) >= 11 is 2.87. The van der Waals surface area contributed by atoms with Crippen LogP contribution in [0.5, 0.6) is 5.88 Å². The summed E-state index contributed by atoms with van der Waals surface area (Å²) in [6.45, 7) is 0. The third-order valence-corrected chi connectivity index (χ3v) is 2.27. The van der Waals surface area contributed by atoms with Crippen LogP contribution < -0.4 is 10.2 Å². The van der Waals surface area contributed by atoms with Gasteiger partial charge in [0.05, 0.1) is 0 Å². The van der Waals surface area contributed by atoms with Gasteiger partial charge in [0.1, 0.15) is 5.56 Å². The summed E-state index contributed by atoms with van der Waals surface area (Å²) in [4.78, 5) is 13.2. The van der Waals surface area contributed by atoms with Crippen LogP contribution in [-0.4, -0.2) is 11.3 Å². The summed E-state index contributed by atoms with van der Waals surface area (Å²) in [5.41, 5.74) is -2.56. The molecule has 9 heteroatoms. The number of H-pyrrole nitrogens is 1. The molecule has 0 bridgehead atoms. The lowest BCUT2D eigenvalue weighted by atomic mass is 10.2. The Morgan fingerprint density at radius 1 is 1.41 bits per heavy atom. The predicted molar refractivity (Wildman–Crippen MR) is 51.3 cm³/mol. The van der Waals surface area contributed by atoms with E-state index in [-0.39, 0.29) is 11.0 Å². The maximum absolute atomic E-state index is 12.4. The average Bonchev–Trinajstić information content (AvgIpc) is 2.13. The SMILES string of the molecule is O=c1cc(CBr)[nH]c(OC(F)(F)F)c1C(F)F. The number of hydrogen-bond acceptors (Lipinski definition) is 2. The van der Waals surface area contributed by atoms with Crippen molar-refractivity contribution in [3.63, 3.8) is 0 Å². The molecule has 1 rings (SSSR count). The van der Waals surface area contributed by atoms with Gasteiger partial charge in [0.15, 0.2) is 5.43 Å². The summed E-state index contributed by atoms with van der Waals surface area (Å²) in [7, 11) is 0. The van der Waals surface area contributed by atoms with Crippen LogP contribution in [0, 0.1) is 0 Å². The van der Waals surface area contributed by atoms with Gasteiger partial charge in [-0.2, -0.15) is 0 Å². The van der Waals surface area contributed by atoms with Crippen molar-refractivity contribution in [2.75, 3.05) is 0 Å². The lowest BCUT2D eigenvalue weighted by molar-refractivity contribution is -0.276. The van der Waals surface area contributed by atoms with Gasteiger partial charge in [0.25, 0.3) is 6.43 Å². The molecule has 3 nitrogen and oxygen atoms in total. The monoisotopic (exact) mass is 321 g/mol. The van der Waals surface area contributed by atoms with Crippen molar-refractivity contribution in [3.05, 3.63) is 27.5 Å². The molecule has 1 heterocycles. The van der Waals surface area contributed by atoms with E-state index in [2.05, 4.69) is 20.7 Å². The zero-order chi connectivity index (χ0) is 13.2. The van der Waals surface area contributed by atoms with Crippen molar-refractivity contribution < 1.29 is 26.7 Å². The first kappa shape index (κ1) is 13.9. The number of hydrogen-bond donors (Lipinski definition) is 1. The molecule has 0 aromatic carbocycles. The molecular weight excluding hydrogens is 317 g/mol. The van der Waals surface area contributed by atoms with E-state index in [0.717, 1.165) is 6.07 Å². The fourth-order valence-electron chi connectivity index (χ4n) is 1.07. The second-order valence-electron chi connectivity index (χ2n) is 2.88. The highest BCUT2D eigenvalue weighted by molar-refractivity contribution is 9.08. The molecule has 1 N–H and O–H groups in total. The van der Waals surface area contributed by atoms with Crippen LogP contribution in [0.15, 0.2) is 10.9 Å². The van der Waals surface area contributed by atoms with Crippen LogP contribution in [0.2, 0.25) is 0 Å². The average molecular weight is 322 g/mol. The Balaban J connectivity index is 3.33. The van der Waals surface area contributed by atoms with E-state index in [1.807, 2.05) is 4.98 Å². The number of rotatable bonds is 3. The number of nitrogens with one attached hydrogen (secondary N) is 1. The maximum Gasteiger partial charge on any atom is 0.574 e. The van der Waals surface area contributed by atoms with Gasteiger partial charge in [-0.1, -0.05) is 15.9 Å². The van der Waals surface area contributed by atoms with Crippen LogP contribution in [0.1, 0.15) is 17.7 Å². The zero-order valence-electron chi connectivity index (χ0n) is 7.95. The minimum atomic E-state index is -5.16. The van der Waals surface area contributed by atoms with Crippen LogP contribution in [0.4, 0.5) is 22.0 Å². The molecule has 0 saturated heterocycles. The largest absolute Gasteiger partial charge is 0.574 e. The summed E-state index contributed by atoms with van der Waals surface area (Å²) in [6, 6.07) is 0.777. The van der Waals surface area contributed by atoms with Gasteiger partial charge in [-0.05, 0) is 0 Å². The number of halogens is 6. The van der Waals surface area contributed by atoms with Crippen molar-refractivity contribution in [2.45, 2.75) is 18.1 Å². The number of pyridine rings is 1. The Bertz CT molecular complexity index is 456. The molecule has 0 aliphatic rings. The van der Waals surface area contributed by atoms with Gasteiger partial charge in [-0.15, -0.1) is 13.2 Å². The minimum Gasteiger partial charge on any atom is -0.389 e. The Morgan fingerprint density at radius 3 is 2.41 bits per heavy atom. The highest BCUT2D eigenvalue weighted by Gasteiger charge is 2.34. The van der Waals surface area contributed by atoms with E-state index in [0.29, 0.717) is 0 Å².